The van der Waals surface area contributed by atoms with Gasteiger partial charge in [0, 0.05) is 35.8 Å². The first-order valence-electron chi connectivity index (χ1n) is 6.85. The van der Waals surface area contributed by atoms with Gasteiger partial charge >= 0.3 is 0 Å². The van der Waals surface area contributed by atoms with Crippen LogP contribution in [0.3, 0.4) is 0 Å². The van der Waals surface area contributed by atoms with E-state index in [0.29, 0.717) is 6.04 Å². The molecule has 2 unspecified atom stereocenters. The fraction of sp³-hybridized carbons (Fsp3) is 0.600. The van der Waals surface area contributed by atoms with E-state index in [9.17, 15) is 0 Å². The van der Waals surface area contributed by atoms with Gasteiger partial charge in [0.1, 0.15) is 0 Å². The molecule has 18 heavy (non-hydrogen) atoms. The van der Waals surface area contributed by atoms with Crippen LogP contribution in [0.5, 0.6) is 0 Å². The minimum atomic E-state index is 0.614. The third-order valence-corrected chi connectivity index (χ3v) is 4.39. The molecule has 1 fully saturated rings. The van der Waals surface area contributed by atoms with Crippen molar-refractivity contribution >= 4 is 21.6 Å². The van der Waals surface area contributed by atoms with Crippen molar-refractivity contribution in [2.75, 3.05) is 24.5 Å². The fourth-order valence-corrected chi connectivity index (χ4v) is 3.17. The van der Waals surface area contributed by atoms with Crippen molar-refractivity contribution in [2.45, 2.75) is 33.2 Å². The Balaban J connectivity index is 2.12. The largest absolute Gasteiger partial charge is 0.369 e. The molecule has 0 saturated carbocycles. The summed E-state index contributed by atoms with van der Waals surface area (Å²) in [5.41, 5.74) is 2.66. The molecule has 0 amide bonds. The van der Waals surface area contributed by atoms with E-state index in [4.69, 9.17) is 0 Å². The minimum Gasteiger partial charge on any atom is -0.369 e. The normalized spacial score (nSPS) is 22.0. The number of hydrogen-bond donors (Lipinski definition) is 1. The highest BCUT2D eigenvalue weighted by molar-refractivity contribution is 9.10. The molecule has 1 aliphatic heterocycles. The molecule has 0 spiro atoms. The summed E-state index contributed by atoms with van der Waals surface area (Å²) < 4.78 is 1.18. The Bertz CT molecular complexity index is 385. The first-order chi connectivity index (χ1) is 8.60. The van der Waals surface area contributed by atoms with Crippen molar-refractivity contribution in [3.8, 4) is 0 Å². The van der Waals surface area contributed by atoms with E-state index in [1.807, 2.05) is 0 Å². The summed E-state index contributed by atoms with van der Waals surface area (Å²) >= 11 is 3.60. The van der Waals surface area contributed by atoms with Crippen molar-refractivity contribution in [1.82, 2.24) is 5.32 Å². The van der Waals surface area contributed by atoms with Crippen molar-refractivity contribution in [1.29, 1.82) is 0 Å². The van der Waals surface area contributed by atoms with Gasteiger partial charge in [0.05, 0.1) is 0 Å². The number of halogens is 1. The third-order valence-electron chi connectivity index (χ3n) is 3.93. The Hall–Kier alpha value is -0.540. The number of nitrogens with one attached hydrogen (secondary N) is 1. The lowest BCUT2D eigenvalue weighted by Gasteiger charge is -2.38. The maximum absolute atomic E-state index is 3.65. The van der Waals surface area contributed by atoms with Crippen LogP contribution in [0.25, 0.3) is 0 Å². The average molecular weight is 311 g/mol. The van der Waals surface area contributed by atoms with E-state index in [1.165, 1.54) is 22.1 Å². The van der Waals surface area contributed by atoms with Gasteiger partial charge in [-0.1, -0.05) is 36.2 Å². The number of anilines is 1. The van der Waals surface area contributed by atoms with E-state index in [1.54, 1.807) is 0 Å². The smallest absolute Gasteiger partial charge is 0.0381 e. The van der Waals surface area contributed by atoms with Crippen molar-refractivity contribution in [3.63, 3.8) is 0 Å². The standard InChI is InChI=1S/C15H23BrN2/c1-4-12(3)15-10-18(6-5-17-15)14-8-11(2)7-13(16)9-14/h7-9,12,15,17H,4-6,10H2,1-3H3. The van der Waals surface area contributed by atoms with Crippen LogP contribution in [0.2, 0.25) is 0 Å². The predicted molar refractivity (Wildman–Crippen MR) is 82.3 cm³/mol. The summed E-state index contributed by atoms with van der Waals surface area (Å²) in [5, 5.41) is 3.65. The van der Waals surface area contributed by atoms with Crippen LogP contribution in [0, 0.1) is 12.8 Å². The first kappa shape index (κ1) is 13.9. The number of piperazine rings is 1. The highest BCUT2D eigenvalue weighted by atomic mass is 79.9. The molecule has 0 aliphatic carbocycles. The van der Waals surface area contributed by atoms with Crippen molar-refractivity contribution in [2.24, 2.45) is 5.92 Å². The van der Waals surface area contributed by atoms with E-state index < -0.39 is 0 Å². The highest BCUT2D eigenvalue weighted by Crippen LogP contribution is 2.24. The Morgan fingerprint density at radius 2 is 2.22 bits per heavy atom. The SMILES string of the molecule is CCC(C)C1CN(c2cc(C)cc(Br)c2)CCN1. The van der Waals surface area contributed by atoms with Gasteiger partial charge in [-0.05, 0) is 36.6 Å². The molecular weight excluding hydrogens is 288 g/mol. The molecule has 1 aromatic carbocycles. The summed E-state index contributed by atoms with van der Waals surface area (Å²) in [6, 6.07) is 7.29. The number of rotatable bonds is 3. The van der Waals surface area contributed by atoms with E-state index >= 15 is 0 Å². The molecule has 1 aromatic rings. The molecule has 0 bridgehead atoms. The zero-order chi connectivity index (χ0) is 13.1. The second-order valence-electron chi connectivity index (χ2n) is 5.38. The van der Waals surface area contributed by atoms with Crippen LogP contribution in [0.15, 0.2) is 22.7 Å². The monoisotopic (exact) mass is 310 g/mol. The molecule has 100 valence electrons. The average Bonchev–Trinajstić information content (AvgIpc) is 2.37. The van der Waals surface area contributed by atoms with Crippen molar-refractivity contribution in [3.05, 3.63) is 28.2 Å². The molecule has 1 aliphatic rings. The Morgan fingerprint density at radius 1 is 1.44 bits per heavy atom. The lowest BCUT2D eigenvalue weighted by molar-refractivity contribution is 0.342. The molecule has 2 atom stereocenters. The molecule has 0 aromatic heterocycles. The zero-order valence-corrected chi connectivity index (χ0v) is 13.1. The Morgan fingerprint density at radius 3 is 2.89 bits per heavy atom. The predicted octanol–water partition coefficient (Wildman–Crippen LogP) is 3.58. The van der Waals surface area contributed by atoms with Crippen LogP contribution in [0.4, 0.5) is 5.69 Å². The molecule has 1 N–H and O–H groups in total. The second-order valence-corrected chi connectivity index (χ2v) is 6.29. The Kier molecular flexibility index (Phi) is 4.68. The van der Waals surface area contributed by atoms with Gasteiger partial charge in [-0.15, -0.1) is 0 Å². The first-order valence-corrected chi connectivity index (χ1v) is 7.65. The maximum atomic E-state index is 3.65. The number of nitrogens with zero attached hydrogens (tertiary/aromatic N) is 1. The number of benzene rings is 1. The molecular formula is C15H23BrN2. The van der Waals surface area contributed by atoms with Crippen molar-refractivity contribution < 1.29 is 0 Å². The summed E-state index contributed by atoms with van der Waals surface area (Å²) in [6.07, 6.45) is 1.24. The van der Waals surface area contributed by atoms with E-state index in [0.717, 1.165) is 25.6 Å². The summed E-state index contributed by atoms with van der Waals surface area (Å²) in [6.45, 7) is 10.1. The van der Waals surface area contributed by atoms with Gasteiger partial charge in [-0.3, -0.25) is 0 Å². The van der Waals surface area contributed by atoms with Gasteiger partial charge < -0.3 is 10.2 Å². The third kappa shape index (κ3) is 3.27. The lowest BCUT2D eigenvalue weighted by Crippen LogP contribution is -2.53. The van der Waals surface area contributed by atoms with Crippen LogP contribution >= 0.6 is 15.9 Å². The molecule has 0 radical (unpaired) electrons. The summed E-state index contributed by atoms with van der Waals surface area (Å²) in [7, 11) is 0. The van der Waals surface area contributed by atoms with Gasteiger partial charge in [-0.2, -0.15) is 0 Å². The van der Waals surface area contributed by atoms with Gasteiger partial charge in [0.2, 0.25) is 0 Å². The molecule has 2 nitrogen and oxygen atoms in total. The van der Waals surface area contributed by atoms with Crippen LogP contribution < -0.4 is 10.2 Å². The van der Waals surface area contributed by atoms with Crippen LogP contribution in [-0.4, -0.2) is 25.7 Å². The van der Waals surface area contributed by atoms with Gasteiger partial charge in [0.15, 0.2) is 0 Å². The van der Waals surface area contributed by atoms with E-state index in [2.05, 4.69) is 65.1 Å². The lowest BCUT2D eigenvalue weighted by atomic mass is 9.97. The number of hydrogen-bond acceptors (Lipinski definition) is 2. The molecule has 1 heterocycles. The Labute approximate surface area is 119 Å². The second kappa shape index (κ2) is 6.07. The van der Waals surface area contributed by atoms with Gasteiger partial charge in [0.25, 0.3) is 0 Å². The summed E-state index contributed by atoms with van der Waals surface area (Å²) in [4.78, 5) is 2.51. The van der Waals surface area contributed by atoms with E-state index in [-0.39, 0.29) is 0 Å². The topological polar surface area (TPSA) is 15.3 Å². The number of aryl methyl sites for hydroxylation is 1. The molecule has 1 saturated heterocycles. The van der Waals surface area contributed by atoms with Gasteiger partial charge in [-0.25, -0.2) is 0 Å². The summed E-state index contributed by atoms with van der Waals surface area (Å²) in [5.74, 6) is 0.737. The quantitative estimate of drug-likeness (QED) is 0.918. The zero-order valence-electron chi connectivity index (χ0n) is 11.5. The molecule has 2 rings (SSSR count). The fourth-order valence-electron chi connectivity index (χ4n) is 2.58. The molecule has 3 heteroatoms. The minimum absolute atomic E-state index is 0.614. The maximum Gasteiger partial charge on any atom is 0.0381 e. The highest BCUT2D eigenvalue weighted by Gasteiger charge is 2.23. The van der Waals surface area contributed by atoms with Crippen LogP contribution in [0.1, 0.15) is 25.8 Å². The van der Waals surface area contributed by atoms with Crippen LogP contribution in [-0.2, 0) is 0 Å².